The molecular weight excluding hydrogens is 985 g/mol. The zero-order chi connectivity index (χ0) is 57.1. The highest BCUT2D eigenvalue weighted by Gasteiger charge is 2.36. The lowest BCUT2D eigenvalue weighted by atomic mass is 10.00. The minimum absolute atomic E-state index is 0.00884. The monoisotopic (exact) mass is 1060 g/mol. The molecule has 0 heterocycles. The molecule has 29 nitrogen and oxygen atoms in total. The van der Waals surface area contributed by atoms with Gasteiger partial charge >= 0.3 is 11.9 Å². The van der Waals surface area contributed by atoms with E-state index in [1.807, 2.05) is 0 Å². The fraction of sp³-hybridized carbons (Fsp3) is 0.587. The molecule has 0 spiro atoms. The zero-order valence-corrected chi connectivity index (χ0v) is 43.1. The molecule has 1 rings (SSSR count). The van der Waals surface area contributed by atoms with Gasteiger partial charge in [0, 0.05) is 19.5 Å². The third-order valence-corrected chi connectivity index (χ3v) is 10.9. The topological polar surface area (TPSA) is 505 Å². The molecule has 0 fully saturated rings. The van der Waals surface area contributed by atoms with Gasteiger partial charge in [0.05, 0.1) is 18.9 Å². The van der Waals surface area contributed by atoms with Crippen LogP contribution in [0.15, 0.2) is 40.3 Å². The summed E-state index contributed by atoms with van der Waals surface area (Å²) >= 11 is 0. The van der Waals surface area contributed by atoms with Crippen LogP contribution in [-0.2, 0) is 59.2 Å². The third-order valence-electron chi connectivity index (χ3n) is 10.9. The summed E-state index contributed by atoms with van der Waals surface area (Å²) in [7, 11) is 0. The Kier molecular flexibility index (Phi) is 28.4. The van der Waals surface area contributed by atoms with Crippen LogP contribution in [0.1, 0.15) is 92.1 Å². The summed E-state index contributed by atoms with van der Waals surface area (Å²) in [6.07, 6.45) is -1.91. The van der Waals surface area contributed by atoms with Gasteiger partial charge in [0.1, 0.15) is 48.3 Å². The Morgan fingerprint density at radius 1 is 0.507 bits per heavy atom. The summed E-state index contributed by atoms with van der Waals surface area (Å²) in [5.41, 5.74) is 33.0. The molecule has 9 amide bonds. The molecule has 0 bridgehead atoms. The summed E-state index contributed by atoms with van der Waals surface area (Å²) in [6.45, 7) is 9.40. The van der Waals surface area contributed by atoms with Gasteiger partial charge in [0.2, 0.25) is 53.2 Å². The fourth-order valence-corrected chi connectivity index (χ4v) is 6.94. The summed E-state index contributed by atoms with van der Waals surface area (Å²) in [4.78, 5) is 152. The number of guanidine groups is 2. The van der Waals surface area contributed by atoms with Gasteiger partial charge in [-0.25, -0.2) is 4.79 Å². The van der Waals surface area contributed by atoms with E-state index >= 15 is 0 Å². The first-order valence-corrected chi connectivity index (χ1v) is 24.1. The average molecular weight is 1060 g/mol. The number of carbonyl (C=O) groups is 11. The van der Waals surface area contributed by atoms with Crippen LogP contribution in [0.25, 0.3) is 0 Å². The van der Waals surface area contributed by atoms with Gasteiger partial charge in [-0.2, -0.15) is 0 Å². The van der Waals surface area contributed by atoms with E-state index in [2.05, 4.69) is 52.5 Å². The SMILES string of the molecule is CC(C)C[C@H](NC(=O)[C@H](C)N)C(=O)N[C@@H](CCCN=C(N)N)C(=O)N[C@@H](CC(=O)O)C(=O)N[C@@H](Cc1ccccc1)C(=O)N[C@H](C(=O)N[C@@H](C)C(=O)N[C@@H](CCCN=C(N)N)C(=O)N[C@@H](CC(N)=O)C(=O)O)C(C)C. The Morgan fingerprint density at radius 3 is 1.40 bits per heavy atom. The van der Waals surface area contributed by atoms with E-state index in [1.165, 1.54) is 13.8 Å². The van der Waals surface area contributed by atoms with Gasteiger partial charge in [-0.3, -0.25) is 57.9 Å². The van der Waals surface area contributed by atoms with Crippen molar-refractivity contribution in [2.45, 2.75) is 147 Å². The van der Waals surface area contributed by atoms with Crippen LogP contribution in [0.2, 0.25) is 0 Å². The van der Waals surface area contributed by atoms with Crippen LogP contribution in [0.5, 0.6) is 0 Å². The highest BCUT2D eigenvalue weighted by atomic mass is 16.4. The number of carboxylic acids is 2. The van der Waals surface area contributed by atoms with Crippen LogP contribution in [0.4, 0.5) is 0 Å². The maximum atomic E-state index is 14.2. The standard InChI is InChI=1S/C46H76N16O13/c1-22(2)18-29(58-36(66)24(5)47)40(70)57-28(15-11-17-54-46(51)52)38(68)60-31(21-34(64)65)41(71)59-30(19-26-12-8-7-9-13-26)42(72)62-35(23(3)4)43(73)55-25(6)37(67)56-27(14-10-16-53-45(49)50)39(69)61-32(44(74)75)20-33(48)63/h7-9,12-13,22-25,27-32,35H,10-11,14-21,47H2,1-6H3,(H2,48,63)(H,55,73)(H,56,67)(H,57,70)(H,58,66)(H,59,71)(H,60,68)(H,61,69)(H,62,72)(H,64,65)(H,74,75)(H4,49,50,53)(H4,51,52,54)/t24-,25-,27-,28-,29-,30-,31-,32-,35-/m0/s1. The van der Waals surface area contributed by atoms with E-state index in [4.69, 9.17) is 34.4 Å². The molecule has 29 heteroatoms. The number of primary amides is 1. The Bertz CT molecular complexity index is 2200. The van der Waals surface area contributed by atoms with Crippen LogP contribution in [0.3, 0.4) is 0 Å². The first-order chi connectivity index (χ1) is 35.0. The quantitative estimate of drug-likeness (QED) is 0.0174. The molecule has 1 aromatic rings. The first kappa shape index (κ1) is 64.9. The molecule has 418 valence electrons. The molecule has 0 radical (unpaired) electrons. The van der Waals surface area contributed by atoms with Crippen LogP contribution in [-0.4, -0.2) is 155 Å². The lowest BCUT2D eigenvalue weighted by Crippen LogP contribution is -2.61. The largest absolute Gasteiger partial charge is 0.481 e. The number of carboxylic acid groups (broad SMARTS) is 2. The lowest BCUT2D eigenvalue weighted by Gasteiger charge is -2.28. The number of aliphatic carboxylic acids is 2. The number of benzene rings is 1. The second-order valence-electron chi connectivity index (χ2n) is 18.4. The summed E-state index contributed by atoms with van der Waals surface area (Å²) in [5, 5.41) is 39.0. The predicted octanol–water partition coefficient (Wildman–Crippen LogP) is -5.28. The maximum absolute atomic E-state index is 14.2. The molecule has 0 unspecified atom stereocenters. The molecule has 9 atom stereocenters. The number of amides is 9. The molecule has 0 aliphatic carbocycles. The van der Waals surface area contributed by atoms with Crippen LogP contribution < -0.4 is 76.9 Å². The Labute approximate surface area is 434 Å². The van der Waals surface area contributed by atoms with E-state index in [1.54, 1.807) is 58.0 Å². The van der Waals surface area contributed by atoms with Gasteiger partial charge in [-0.15, -0.1) is 0 Å². The van der Waals surface area contributed by atoms with Gasteiger partial charge in [0.15, 0.2) is 11.9 Å². The van der Waals surface area contributed by atoms with E-state index in [0.29, 0.717) is 5.56 Å². The van der Waals surface area contributed by atoms with Crippen molar-refractivity contribution in [2.75, 3.05) is 13.1 Å². The molecular formula is C46H76N16O13. The Balaban J connectivity index is 3.50. The van der Waals surface area contributed by atoms with Gasteiger partial charge in [0.25, 0.3) is 0 Å². The van der Waals surface area contributed by atoms with Gasteiger partial charge in [-0.05, 0) is 63.4 Å². The number of nitrogens with zero attached hydrogens (tertiary/aromatic N) is 2. The maximum Gasteiger partial charge on any atom is 0.326 e. The van der Waals surface area contributed by atoms with Crippen molar-refractivity contribution in [1.29, 1.82) is 0 Å². The highest BCUT2D eigenvalue weighted by molar-refractivity contribution is 5.99. The number of hydrogen-bond donors (Lipinski definition) is 16. The van der Waals surface area contributed by atoms with Crippen molar-refractivity contribution in [1.82, 2.24) is 42.5 Å². The minimum atomic E-state index is -1.86. The fourth-order valence-electron chi connectivity index (χ4n) is 6.94. The van der Waals surface area contributed by atoms with Crippen molar-refractivity contribution in [2.24, 2.45) is 56.2 Å². The zero-order valence-electron chi connectivity index (χ0n) is 43.1. The number of rotatable bonds is 34. The van der Waals surface area contributed by atoms with Crippen LogP contribution >= 0.6 is 0 Å². The smallest absolute Gasteiger partial charge is 0.326 e. The van der Waals surface area contributed by atoms with Crippen molar-refractivity contribution in [3.63, 3.8) is 0 Å². The Hall–Kier alpha value is -8.11. The van der Waals surface area contributed by atoms with Gasteiger partial charge in [-0.1, -0.05) is 58.0 Å². The number of aliphatic imine (C=N–C) groups is 2. The average Bonchev–Trinajstić information content (AvgIpc) is 3.30. The summed E-state index contributed by atoms with van der Waals surface area (Å²) < 4.78 is 0. The molecule has 75 heavy (non-hydrogen) atoms. The number of nitrogens with one attached hydrogen (secondary N) is 8. The third kappa shape index (κ3) is 25.9. The molecule has 22 N–H and O–H groups in total. The van der Waals surface area contributed by atoms with E-state index in [-0.39, 0.29) is 69.5 Å². The van der Waals surface area contributed by atoms with E-state index in [9.17, 15) is 63.0 Å². The molecule has 0 saturated heterocycles. The molecule has 0 aliphatic heterocycles. The van der Waals surface area contributed by atoms with Gasteiger partial charge < -0.3 is 87.1 Å². The normalized spacial score (nSPS) is 14.5. The number of carbonyl (C=O) groups excluding carboxylic acids is 9. The first-order valence-electron chi connectivity index (χ1n) is 24.1. The molecule has 1 aromatic carbocycles. The number of nitrogens with two attached hydrogens (primary N) is 6. The second-order valence-corrected chi connectivity index (χ2v) is 18.4. The lowest BCUT2D eigenvalue weighted by molar-refractivity contribution is -0.143. The minimum Gasteiger partial charge on any atom is -0.481 e. The Morgan fingerprint density at radius 2 is 0.947 bits per heavy atom. The van der Waals surface area contributed by atoms with E-state index in [0.717, 1.165) is 0 Å². The van der Waals surface area contributed by atoms with Crippen molar-refractivity contribution in [3.8, 4) is 0 Å². The highest BCUT2D eigenvalue weighted by Crippen LogP contribution is 2.11. The van der Waals surface area contributed by atoms with Crippen molar-refractivity contribution >= 4 is 77.0 Å². The van der Waals surface area contributed by atoms with Crippen molar-refractivity contribution < 1.29 is 63.0 Å². The summed E-state index contributed by atoms with van der Waals surface area (Å²) in [6, 6.07) is -4.69. The summed E-state index contributed by atoms with van der Waals surface area (Å²) in [5.74, 6) is -12.8. The second kappa shape index (κ2) is 32.9. The molecule has 0 saturated carbocycles. The molecule has 0 aromatic heterocycles. The van der Waals surface area contributed by atoms with Crippen LogP contribution in [0, 0.1) is 11.8 Å². The predicted molar refractivity (Wildman–Crippen MR) is 273 cm³/mol. The van der Waals surface area contributed by atoms with Crippen molar-refractivity contribution in [3.05, 3.63) is 35.9 Å². The number of hydrogen-bond acceptors (Lipinski definition) is 14. The molecule has 0 aliphatic rings. The van der Waals surface area contributed by atoms with E-state index < -0.39 is 138 Å².